The monoisotopic (exact) mass is 451 g/mol. The highest BCUT2D eigenvalue weighted by Gasteiger charge is 2.14. The molecule has 1 atom stereocenters. The van der Waals surface area contributed by atoms with Gasteiger partial charge in [-0.15, -0.1) is 0 Å². The summed E-state index contributed by atoms with van der Waals surface area (Å²) in [5.41, 5.74) is 3.66. The number of benzene rings is 4. The van der Waals surface area contributed by atoms with E-state index >= 15 is 0 Å². The summed E-state index contributed by atoms with van der Waals surface area (Å²) in [5, 5.41) is 10.7. The summed E-state index contributed by atoms with van der Waals surface area (Å²) in [7, 11) is 0. The van der Waals surface area contributed by atoms with Gasteiger partial charge in [-0.3, -0.25) is 9.69 Å². The number of hydrogen-bond donors (Lipinski definition) is 1. The van der Waals surface area contributed by atoms with Crippen molar-refractivity contribution in [3.8, 4) is 5.75 Å². The predicted octanol–water partition coefficient (Wildman–Crippen LogP) is 5.36. The Labute approximate surface area is 201 Å². The zero-order valence-corrected chi connectivity index (χ0v) is 19.1. The number of aliphatic hydroxyl groups excluding tert-OH is 1. The number of ketones is 1. The molecule has 1 N–H and O–H groups in total. The average molecular weight is 452 g/mol. The summed E-state index contributed by atoms with van der Waals surface area (Å²) in [4.78, 5) is 14.8. The topological polar surface area (TPSA) is 49.8 Å². The van der Waals surface area contributed by atoms with Gasteiger partial charge < -0.3 is 9.84 Å². The van der Waals surface area contributed by atoms with Crippen molar-refractivity contribution >= 4 is 5.78 Å². The van der Waals surface area contributed by atoms with E-state index in [1.54, 1.807) is 36.4 Å². The molecule has 0 saturated carbocycles. The van der Waals surface area contributed by atoms with Gasteiger partial charge in [0.2, 0.25) is 0 Å². The minimum absolute atomic E-state index is 0.0235. The summed E-state index contributed by atoms with van der Waals surface area (Å²) >= 11 is 0. The predicted molar refractivity (Wildman–Crippen MR) is 135 cm³/mol. The highest BCUT2D eigenvalue weighted by atomic mass is 16.5. The van der Waals surface area contributed by atoms with E-state index in [9.17, 15) is 9.90 Å². The lowest BCUT2D eigenvalue weighted by molar-refractivity contribution is 0.0628. The molecule has 34 heavy (non-hydrogen) atoms. The highest BCUT2D eigenvalue weighted by Crippen LogP contribution is 2.16. The molecule has 4 aromatic rings. The molecule has 0 heterocycles. The van der Waals surface area contributed by atoms with Gasteiger partial charge in [-0.25, -0.2) is 0 Å². The van der Waals surface area contributed by atoms with E-state index < -0.39 is 6.10 Å². The van der Waals surface area contributed by atoms with Crippen molar-refractivity contribution in [3.05, 3.63) is 138 Å². The standard InChI is InChI=1S/C30H29NO3/c32-28(22-31(20-24-10-4-1-5-11-24)21-25-12-6-2-7-13-25)23-34-29-18-16-27(17-19-29)30(33)26-14-8-3-9-15-26/h1-19,28,32H,20-23H2. The van der Waals surface area contributed by atoms with Gasteiger partial charge in [-0.1, -0.05) is 91.0 Å². The second-order valence-corrected chi connectivity index (χ2v) is 8.33. The molecule has 1 unspecified atom stereocenters. The van der Waals surface area contributed by atoms with Crippen molar-refractivity contribution in [2.75, 3.05) is 13.2 Å². The van der Waals surface area contributed by atoms with Crippen molar-refractivity contribution in [1.82, 2.24) is 4.90 Å². The smallest absolute Gasteiger partial charge is 0.193 e. The Bertz CT molecular complexity index is 1100. The van der Waals surface area contributed by atoms with E-state index in [4.69, 9.17) is 4.74 Å². The van der Waals surface area contributed by atoms with Crippen LogP contribution >= 0.6 is 0 Å². The van der Waals surface area contributed by atoms with Crippen LogP contribution in [0.3, 0.4) is 0 Å². The quantitative estimate of drug-likeness (QED) is 0.312. The second-order valence-electron chi connectivity index (χ2n) is 8.33. The minimum atomic E-state index is -0.655. The Morgan fingerprint density at radius 2 is 1.15 bits per heavy atom. The van der Waals surface area contributed by atoms with Gasteiger partial charge in [-0.2, -0.15) is 0 Å². The van der Waals surface area contributed by atoms with E-state index in [-0.39, 0.29) is 12.4 Å². The fourth-order valence-corrected chi connectivity index (χ4v) is 3.87. The van der Waals surface area contributed by atoms with E-state index in [1.807, 2.05) is 54.6 Å². The van der Waals surface area contributed by atoms with Gasteiger partial charge in [0.05, 0.1) is 0 Å². The fraction of sp³-hybridized carbons (Fsp3) is 0.167. The molecule has 4 nitrogen and oxygen atoms in total. The Balaban J connectivity index is 1.34. The van der Waals surface area contributed by atoms with Gasteiger partial charge in [-0.05, 0) is 35.4 Å². The van der Waals surface area contributed by atoms with Crippen molar-refractivity contribution in [2.45, 2.75) is 19.2 Å². The zero-order valence-electron chi connectivity index (χ0n) is 19.1. The third-order valence-corrected chi connectivity index (χ3v) is 5.56. The normalized spacial score (nSPS) is 11.8. The van der Waals surface area contributed by atoms with E-state index in [2.05, 4.69) is 29.2 Å². The van der Waals surface area contributed by atoms with Crippen LogP contribution in [0.1, 0.15) is 27.0 Å². The zero-order chi connectivity index (χ0) is 23.6. The summed E-state index contributed by atoms with van der Waals surface area (Å²) in [6, 6.07) is 36.8. The first-order chi connectivity index (χ1) is 16.7. The lowest BCUT2D eigenvalue weighted by Crippen LogP contribution is -2.35. The van der Waals surface area contributed by atoms with Crippen molar-refractivity contribution < 1.29 is 14.6 Å². The van der Waals surface area contributed by atoms with Gasteiger partial charge >= 0.3 is 0 Å². The number of carbonyl (C=O) groups is 1. The lowest BCUT2D eigenvalue weighted by atomic mass is 10.0. The van der Waals surface area contributed by atoms with Crippen LogP contribution < -0.4 is 4.74 Å². The number of aliphatic hydroxyl groups is 1. The second kappa shape index (κ2) is 11.9. The van der Waals surface area contributed by atoms with Crippen molar-refractivity contribution in [3.63, 3.8) is 0 Å². The third kappa shape index (κ3) is 6.88. The van der Waals surface area contributed by atoms with Crippen LogP contribution in [0, 0.1) is 0 Å². The number of rotatable bonds is 11. The number of carbonyl (C=O) groups excluding carboxylic acids is 1. The van der Waals surface area contributed by atoms with E-state index in [0.717, 1.165) is 13.1 Å². The highest BCUT2D eigenvalue weighted by molar-refractivity contribution is 6.08. The summed E-state index contributed by atoms with van der Waals surface area (Å²) in [6.45, 7) is 2.13. The first kappa shape index (κ1) is 23.4. The summed E-state index contributed by atoms with van der Waals surface area (Å²) in [6.07, 6.45) is -0.655. The summed E-state index contributed by atoms with van der Waals surface area (Å²) in [5.74, 6) is 0.603. The first-order valence-electron chi connectivity index (χ1n) is 11.5. The first-order valence-corrected chi connectivity index (χ1v) is 11.5. The molecule has 0 spiro atoms. The molecule has 0 fully saturated rings. The Morgan fingerprint density at radius 3 is 1.68 bits per heavy atom. The van der Waals surface area contributed by atoms with Gasteiger partial charge in [0, 0.05) is 30.8 Å². The molecular formula is C30H29NO3. The van der Waals surface area contributed by atoms with Crippen LogP contribution in [-0.4, -0.2) is 35.0 Å². The van der Waals surface area contributed by atoms with Gasteiger partial charge in [0.15, 0.2) is 5.78 Å². The molecule has 172 valence electrons. The number of hydrogen-bond acceptors (Lipinski definition) is 4. The Morgan fingerprint density at radius 1 is 0.676 bits per heavy atom. The van der Waals surface area contributed by atoms with Crippen molar-refractivity contribution in [2.24, 2.45) is 0 Å². The molecule has 0 amide bonds. The Kier molecular flexibility index (Phi) is 8.22. The van der Waals surface area contributed by atoms with Gasteiger partial charge in [0.1, 0.15) is 18.5 Å². The molecule has 0 aliphatic carbocycles. The van der Waals surface area contributed by atoms with Crippen LogP contribution in [0.2, 0.25) is 0 Å². The largest absolute Gasteiger partial charge is 0.491 e. The van der Waals surface area contributed by atoms with E-state index in [1.165, 1.54) is 11.1 Å². The Hall–Kier alpha value is -3.73. The SMILES string of the molecule is O=C(c1ccccc1)c1ccc(OCC(O)CN(Cc2ccccc2)Cc2ccccc2)cc1. The van der Waals surface area contributed by atoms with Crippen LogP contribution in [-0.2, 0) is 13.1 Å². The molecular weight excluding hydrogens is 422 g/mol. The molecule has 4 aromatic carbocycles. The van der Waals surface area contributed by atoms with Crippen LogP contribution in [0.5, 0.6) is 5.75 Å². The fourth-order valence-electron chi connectivity index (χ4n) is 3.87. The summed E-state index contributed by atoms with van der Waals surface area (Å²) < 4.78 is 5.82. The third-order valence-electron chi connectivity index (χ3n) is 5.56. The molecule has 4 rings (SSSR count). The van der Waals surface area contributed by atoms with Crippen LogP contribution in [0.4, 0.5) is 0 Å². The van der Waals surface area contributed by atoms with Gasteiger partial charge in [0.25, 0.3) is 0 Å². The number of nitrogens with zero attached hydrogens (tertiary/aromatic N) is 1. The molecule has 4 heteroatoms. The maximum Gasteiger partial charge on any atom is 0.193 e. The van der Waals surface area contributed by atoms with E-state index in [0.29, 0.717) is 23.4 Å². The van der Waals surface area contributed by atoms with Crippen LogP contribution in [0.25, 0.3) is 0 Å². The number of ether oxygens (including phenoxy) is 1. The minimum Gasteiger partial charge on any atom is -0.491 e. The van der Waals surface area contributed by atoms with Crippen LogP contribution in [0.15, 0.2) is 115 Å². The maximum absolute atomic E-state index is 12.6. The molecule has 0 saturated heterocycles. The van der Waals surface area contributed by atoms with Crippen molar-refractivity contribution in [1.29, 1.82) is 0 Å². The molecule has 0 radical (unpaired) electrons. The average Bonchev–Trinajstić information content (AvgIpc) is 2.89. The molecule has 0 aromatic heterocycles. The molecule has 0 aliphatic heterocycles. The molecule has 0 aliphatic rings. The maximum atomic E-state index is 12.6. The molecule has 0 bridgehead atoms. The lowest BCUT2D eigenvalue weighted by Gasteiger charge is -2.25.